The van der Waals surface area contributed by atoms with Crippen LogP contribution in [0.2, 0.25) is 0 Å². The number of methoxy groups -OCH3 is 2. The lowest BCUT2D eigenvalue weighted by Gasteiger charge is -2.21. The second kappa shape index (κ2) is 8.61. The Kier molecular flexibility index (Phi) is 5.99. The number of para-hydroxylation sites is 2. The SMILES string of the molecule is COc1cccc(/C=C/C(=O)O[C@H](C)C(=O)N2CCc3ccccc32)c1OC. The van der Waals surface area contributed by atoms with E-state index in [0.29, 0.717) is 23.6 Å². The predicted octanol–water partition coefficient (Wildman–Crippen LogP) is 3.24. The first kappa shape index (κ1) is 19.5. The van der Waals surface area contributed by atoms with E-state index >= 15 is 0 Å². The number of carbonyl (C=O) groups is 2. The fourth-order valence-electron chi connectivity index (χ4n) is 3.25. The molecule has 2 aromatic rings. The molecule has 0 aromatic heterocycles. The van der Waals surface area contributed by atoms with Crippen molar-refractivity contribution < 1.29 is 23.8 Å². The van der Waals surface area contributed by atoms with Crippen LogP contribution in [-0.4, -0.2) is 38.7 Å². The van der Waals surface area contributed by atoms with Crippen LogP contribution in [0.15, 0.2) is 48.5 Å². The number of ether oxygens (including phenoxy) is 3. The summed E-state index contributed by atoms with van der Waals surface area (Å²) in [5.74, 6) is 0.255. The van der Waals surface area contributed by atoms with Gasteiger partial charge in [0.25, 0.3) is 5.91 Å². The summed E-state index contributed by atoms with van der Waals surface area (Å²) < 4.78 is 15.9. The van der Waals surface area contributed by atoms with Gasteiger partial charge in [-0.3, -0.25) is 4.79 Å². The van der Waals surface area contributed by atoms with Gasteiger partial charge >= 0.3 is 5.97 Å². The number of rotatable bonds is 6. The number of nitrogens with zero attached hydrogens (tertiary/aromatic N) is 1. The minimum Gasteiger partial charge on any atom is -0.493 e. The summed E-state index contributed by atoms with van der Waals surface area (Å²) in [6, 6.07) is 13.1. The van der Waals surface area contributed by atoms with Crippen LogP contribution in [0.3, 0.4) is 0 Å². The molecule has 0 saturated carbocycles. The van der Waals surface area contributed by atoms with E-state index < -0.39 is 12.1 Å². The standard InChI is InChI=1S/C22H23NO5/c1-15(22(25)23-14-13-16-7-4-5-9-18(16)23)28-20(24)12-11-17-8-6-10-19(26-2)21(17)27-3/h4-12,15H,13-14H2,1-3H3/b12-11+/t15-/m1/s1. The predicted molar refractivity (Wildman–Crippen MR) is 107 cm³/mol. The Labute approximate surface area is 164 Å². The lowest BCUT2D eigenvalue weighted by atomic mass is 10.1. The van der Waals surface area contributed by atoms with Crippen molar-refractivity contribution in [3.05, 3.63) is 59.7 Å². The topological polar surface area (TPSA) is 65.1 Å². The van der Waals surface area contributed by atoms with E-state index in [1.54, 1.807) is 43.2 Å². The second-order valence-corrected chi connectivity index (χ2v) is 6.36. The van der Waals surface area contributed by atoms with Crippen LogP contribution < -0.4 is 14.4 Å². The zero-order valence-electron chi connectivity index (χ0n) is 16.2. The Bertz CT molecular complexity index is 906. The van der Waals surface area contributed by atoms with Crippen LogP contribution in [0.5, 0.6) is 11.5 Å². The minimum atomic E-state index is -0.879. The van der Waals surface area contributed by atoms with Crippen molar-refractivity contribution in [1.82, 2.24) is 0 Å². The van der Waals surface area contributed by atoms with Crippen molar-refractivity contribution in [1.29, 1.82) is 0 Å². The number of hydrogen-bond donors (Lipinski definition) is 0. The van der Waals surface area contributed by atoms with Crippen molar-refractivity contribution in [2.24, 2.45) is 0 Å². The third-order valence-electron chi connectivity index (χ3n) is 4.63. The lowest BCUT2D eigenvalue weighted by molar-refractivity contribution is -0.149. The second-order valence-electron chi connectivity index (χ2n) is 6.36. The normalized spacial score (nSPS) is 13.9. The molecule has 6 nitrogen and oxygen atoms in total. The first-order valence-electron chi connectivity index (χ1n) is 9.04. The molecule has 0 aliphatic carbocycles. The molecule has 28 heavy (non-hydrogen) atoms. The Morgan fingerprint density at radius 2 is 1.86 bits per heavy atom. The van der Waals surface area contributed by atoms with E-state index in [0.717, 1.165) is 17.7 Å². The quantitative estimate of drug-likeness (QED) is 0.568. The molecule has 1 amide bonds. The van der Waals surface area contributed by atoms with E-state index in [4.69, 9.17) is 14.2 Å². The van der Waals surface area contributed by atoms with Crippen LogP contribution in [0.4, 0.5) is 5.69 Å². The van der Waals surface area contributed by atoms with Gasteiger partial charge in [0.2, 0.25) is 0 Å². The molecule has 1 atom stereocenters. The maximum absolute atomic E-state index is 12.7. The highest BCUT2D eigenvalue weighted by Crippen LogP contribution is 2.31. The molecule has 146 valence electrons. The van der Waals surface area contributed by atoms with Gasteiger partial charge in [-0.2, -0.15) is 0 Å². The van der Waals surface area contributed by atoms with Gasteiger partial charge in [0, 0.05) is 23.9 Å². The molecular formula is C22H23NO5. The van der Waals surface area contributed by atoms with Gasteiger partial charge < -0.3 is 19.1 Å². The van der Waals surface area contributed by atoms with Crippen LogP contribution in [-0.2, 0) is 20.7 Å². The number of esters is 1. The summed E-state index contributed by atoms with van der Waals surface area (Å²) in [6.45, 7) is 2.18. The number of amides is 1. The van der Waals surface area contributed by atoms with Crippen LogP contribution in [0, 0.1) is 0 Å². The number of anilines is 1. The Morgan fingerprint density at radius 1 is 1.07 bits per heavy atom. The highest BCUT2D eigenvalue weighted by Gasteiger charge is 2.29. The van der Waals surface area contributed by atoms with Crippen molar-refractivity contribution in [3.63, 3.8) is 0 Å². The molecular weight excluding hydrogens is 358 g/mol. The van der Waals surface area contributed by atoms with Crippen molar-refractivity contribution >= 4 is 23.6 Å². The summed E-state index contributed by atoms with van der Waals surface area (Å²) in [5, 5.41) is 0. The van der Waals surface area contributed by atoms with Crippen molar-refractivity contribution in [3.8, 4) is 11.5 Å². The third-order valence-corrected chi connectivity index (χ3v) is 4.63. The fraction of sp³-hybridized carbons (Fsp3) is 0.273. The van der Waals surface area contributed by atoms with E-state index in [-0.39, 0.29) is 5.91 Å². The van der Waals surface area contributed by atoms with E-state index in [2.05, 4.69) is 0 Å². The molecule has 0 bridgehead atoms. The van der Waals surface area contributed by atoms with Crippen molar-refractivity contribution in [2.45, 2.75) is 19.4 Å². The molecule has 0 spiro atoms. The summed E-state index contributed by atoms with van der Waals surface area (Å²) >= 11 is 0. The smallest absolute Gasteiger partial charge is 0.331 e. The fourth-order valence-corrected chi connectivity index (χ4v) is 3.25. The van der Waals surface area contributed by atoms with Gasteiger partial charge in [0.15, 0.2) is 17.6 Å². The van der Waals surface area contributed by atoms with Crippen LogP contribution >= 0.6 is 0 Å². The largest absolute Gasteiger partial charge is 0.493 e. The zero-order chi connectivity index (χ0) is 20.1. The molecule has 1 heterocycles. The average molecular weight is 381 g/mol. The molecule has 0 fully saturated rings. The average Bonchev–Trinajstić information content (AvgIpc) is 3.15. The third kappa shape index (κ3) is 4.01. The first-order valence-corrected chi connectivity index (χ1v) is 9.04. The highest BCUT2D eigenvalue weighted by molar-refractivity contribution is 6.00. The summed E-state index contributed by atoms with van der Waals surface area (Å²) in [4.78, 5) is 26.6. The molecule has 6 heteroatoms. The highest BCUT2D eigenvalue weighted by atomic mass is 16.5. The molecule has 0 saturated heterocycles. The minimum absolute atomic E-state index is 0.231. The monoisotopic (exact) mass is 381 g/mol. The van der Waals surface area contributed by atoms with E-state index in [9.17, 15) is 9.59 Å². The van der Waals surface area contributed by atoms with Crippen molar-refractivity contribution in [2.75, 3.05) is 25.7 Å². The summed E-state index contributed by atoms with van der Waals surface area (Å²) in [5.41, 5.74) is 2.68. The molecule has 0 unspecified atom stereocenters. The molecule has 2 aromatic carbocycles. The Morgan fingerprint density at radius 3 is 2.61 bits per heavy atom. The zero-order valence-corrected chi connectivity index (χ0v) is 16.2. The van der Waals surface area contributed by atoms with Gasteiger partial charge in [0.05, 0.1) is 14.2 Å². The molecule has 3 rings (SSSR count). The van der Waals surface area contributed by atoms with E-state index in [1.165, 1.54) is 13.2 Å². The van der Waals surface area contributed by atoms with Crippen LogP contribution in [0.25, 0.3) is 6.08 Å². The Balaban J connectivity index is 1.65. The number of fused-ring (bicyclic) bond motifs is 1. The van der Waals surface area contributed by atoms with Crippen LogP contribution in [0.1, 0.15) is 18.1 Å². The first-order chi connectivity index (χ1) is 13.5. The maximum Gasteiger partial charge on any atom is 0.331 e. The number of hydrogen-bond acceptors (Lipinski definition) is 5. The lowest BCUT2D eigenvalue weighted by Crippen LogP contribution is -2.38. The molecule has 0 radical (unpaired) electrons. The molecule has 1 aliphatic rings. The van der Waals surface area contributed by atoms with E-state index in [1.807, 2.05) is 24.3 Å². The molecule has 0 N–H and O–H groups in total. The van der Waals surface area contributed by atoms with Gasteiger partial charge in [0.1, 0.15) is 0 Å². The van der Waals surface area contributed by atoms with Gasteiger partial charge in [-0.1, -0.05) is 30.3 Å². The molecule has 1 aliphatic heterocycles. The van der Waals surface area contributed by atoms with Gasteiger partial charge in [-0.25, -0.2) is 4.79 Å². The number of carbonyl (C=O) groups excluding carboxylic acids is 2. The Hall–Kier alpha value is -3.28. The maximum atomic E-state index is 12.7. The van der Waals surface area contributed by atoms with Gasteiger partial charge in [-0.05, 0) is 37.1 Å². The summed E-state index contributed by atoms with van der Waals surface area (Å²) in [7, 11) is 3.07. The van der Waals surface area contributed by atoms with Gasteiger partial charge in [-0.15, -0.1) is 0 Å². The number of benzene rings is 2. The summed E-state index contributed by atoms with van der Waals surface area (Å²) in [6.07, 6.45) is 2.78.